The van der Waals surface area contributed by atoms with Crippen molar-refractivity contribution in [2.45, 2.75) is 27.2 Å². The molecule has 2 heterocycles. The highest BCUT2D eigenvalue weighted by molar-refractivity contribution is 4.99. The Morgan fingerprint density at radius 3 is 2.20 bits per heavy atom. The number of hydrogen-bond donors (Lipinski definition) is 1. The molecule has 0 saturated heterocycles. The molecule has 0 unspecified atom stereocenters. The third-order valence-electron chi connectivity index (χ3n) is 1.73. The highest BCUT2D eigenvalue weighted by atomic mass is 14.8. The second-order valence-corrected chi connectivity index (χ2v) is 2.94. The van der Waals surface area contributed by atoms with Crippen LogP contribution >= 0.6 is 0 Å². The Morgan fingerprint density at radius 1 is 1.20 bits per heavy atom. The molecule has 15 heavy (non-hydrogen) atoms. The summed E-state index contributed by atoms with van der Waals surface area (Å²) in [5, 5.41) is 3.20. The van der Waals surface area contributed by atoms with E-state index in [9.17, 15) is 0 Å². The highest BCUT2D eigenvalue weighted by Crippen LogP contribution is 1.86. The van der Waals surface area contributed by atoms with E-state index < -0.39 is 0 Å². The minimum atomic E-state index is 1.07. The Balaban J connectivity index is 0.000000227. The Labute approximate surface area is 93.4 Å². The fourth-order valence-corrected chi connectivity index (χ4v) is 1.02. The molecule has 2 rings (SSSR count). The summed E-state index contributed by atoms with van der Waals surface area (Å²) in [7, 11) is 0. The zero-order valence-electron chi connectivity index (χ0n) is 10.0. The zero-order chi connectivity index (χ0) is 11.4. The van der Waals surface area contributed by atoms with Crippen molar-refractivity contribution in [3.63, 3.8) is 0 Å². The van der Waals surface area contributed by atoms with Crippen LogP contribution in [0.25, 0.3) is 0 Å². The molecule has 0 atom stereocenters. The normalized spacial score (nSPS) is 13.0. The summed E-state index contributed by atoms with van der Waals surface area (Å²) in [5.41, 5.74) is 1.07. The Morgan fingerprint density at radius 2 is 2.00 bits per heavy atom. The standard InChI is InChI=1S/C6H7N.C5H9N.C2H6/c1-6-4-2-3-5-7-6;1-2-4-6-5-3-1;1-2/h2-5H,1H3;1-2,6H,3-5H2;1-2H3. The lowest BCUT2D eigenvalue weighted by Crippen LogP contribution is -2.17. The molecule has 2 heteroatoms. The molecule has 1 aromatic rings. The summed E-state index contributed by atoms with van der Waals surface area (Å²) < 4.78 is 0. The van der Waals surface area contributed by atoms with Gasteiger partial charge in [-0.05, 0) is 32.0 Å². The van der Waals surface area contributed by atoms with Gasteiger partial charge in [0.15, 0.2) is 0 Å². The van der Waals surface area contributed by atoms with Crippen LogP contribution < -0.4 is 5.32 Å². The molecule has 2 nitrogen and oxygen atoms in total. The molecule has 1 N–H and O–H groups in total. The Bertz CT molecular complexity index is 234. The third kappa shape index (κ3) is 9.16. The van der Waals surface area contributed by atoms with Crippen LogP contribution in [0.4, 0.5) is 0 Å². The molecule has 0 spiro atoms. The van der Waals surface area contributed by atoms with E-state index in [2.05, 4.69) is 22.5 Å². The SMILES string of the molecule is C1=CCNCC1.CC.Cc1ccccn1. The summed E-state index contributed by atoms with van der Waals surface area (Å²) in [6.45, 7) is 8.20. The van der Waals surface area contributed by atoms with Crippen molar-refractivity contribution in [1.29, 1.82) is 0 Å². The van der Waals surface area contributed by atoms with Crippen molar-refractivity contribution in [2.24, 2.45) is 0 Å². The molecule has 0 radical (unpaired) electrons. The van der Waals surface area contributed by atoms with Crippen LogP contribution in [0.2, 0.25) is 0 Å². The van der Waals surface area contributed by atoms with E-state index >= 15 is 0 Å². The van der Waals surface area contributed by atoms with Gasteiger partial charge in [-0.2, -0.15) is 0 Å². The topological polar surface area (TPSA) is 24.9 Å². The Kier molecular flexibility index (Phi) is 10.1. The molecule has 1 aliphatic rings. The van der Waals surface area contributed by atoms with E-state index in [1.54, 1.807) is 6.20 Å². The zero-order valence-corrected chi connectivity index (χ0v) is 10.0. The molecule has 0 amide bonds. The maximum atomic E-state index is 3.98. The first-order valence-electron chi connectivity index (χ1n) is 5.63. The van der Waals surface area contributed by atoms with Crippen LogP contribution in [-0.2, 0) is 0 Å². The first-order valence-corrected chi connectivity index (χ1v) is 5.63. The van der Waals surface area contributed by atoms with Gasteiger partial charge in [-0.15, -0.1) is 0 Å². The predicted molar refractivity (Wildman–Crippen MR) is 66.9 cm³/mol. The van der Waals surface area contributed by atoms with Crippen molar-refractivity contribution >= 4 is 0 Å². The van der Waals surface area contributed by atoms with Gasteiger partial charge in [-0.1, -0.05) is 32.1 Å². The van der Waals surface area contributed by atoms with Gasteiger partial charge < -0.3 is 5.32 Å². The summed E-state index contributed by atoms with van der Waals surface area (Å²) in [4.78, 5) is 3.98. The maximum absolute atomic E-state index is 3.98. The van der Waals surface area contributed by atoms with E-state index in [4.69, 9.17) is 0 Å². The van der Waals surface area contributed by atoms with Gasteiger partial charge >= 0.3 is 0 Å². The molecule has 0 aliphatic carbocycles. The highest BCUT2D eigenvalue weighted by Gasteiger charge is 1.84. The first kappa shape index (κ1) is 13.8. The minimum absolute atomic E-state index is 1.07. The molecule has 0 saturated carbocycles. The predicted octanol–water partition coefficient (Wildman–Crippen LogP) is 2.95. The van der Waals surface area contributed by atoms with Gasteiger partial charge in [0.1, 0.15) is 0 Å². The summed E-state index contributed by atoms with van der Waals surface area (Å²) >= 11 is 0. The van der Waals surface area contributed by atoms with E-state index in [0.717, 1.165) is 18.8 Å². The third-order valence-corrected chi connectivity index (χ3v) is 1.73. The van der Waals surface area contributed by atoms with Gasteiger partial charge in [-0.25, -0.2) is 0 Å². The van der Waals surface area contributed by atoms with Crippen LogP contribution in [0.15, 0.2) is 36.5 Å². The number of pyridine rings is 1. The first-order chi connectivity index (χ1) is 7.39. The lowest BCUT2D eigenvalue weighted by molar-refractivity contribution is 0.728. The number of rotatable bonds is 0. The molecular weight excluding hydrogens is 184 g/mol. The van der Waals surface area contributed by atoms with E-state index in [1.165, 1.54) is 6.42 Å². The number of aromatic nitrogens is 1. The van der Waals surface area contributed by atoms with Gasteiger partial charge in [0.2, 0.25) is 0 Å². The molecule has 0 bridgehead atoms. The molecular formula is C13H22N2. The molecule has 1 aliphatic heterocycles. The largest absolute Gasteiger partial charge is 0.313 e. The fourth-order valence-electron chi connectivity index (χ4n) is 1.02. The molecule has 1 aromatic heterocycles. The average Bonchev–Trinajstić information content (AvgIpc) is 2.36. The van der Waals surface area contributed by atoms with Crippen LogP contribution in [0.3, 0.4) is 0 Å². The number of aryl methyl sites for hydroxylation is 1. The second kappa shape index (κ2) is 10.9. The van der Waals surface area contributed by atoms with Crippen molar-refractivity contribution in [3.05, 3.63) is 42.2 Å². The van der Waals surface area contributed by atoms with Crippen molar-refractivity contribution in [3.8, 4) is 0 Å². The van der Waals surface area contributed by atoms with E-state index in [-0.39, 0.29) is 0 Å². The fraction of sp³-hybridized carbons (Fsp3) is 0.462. The summed E-state index contributed by atoms with van der Waals surface area (Å²) in [5.74, 6) is 0. The second-order valence-electron chi connectivity index (χ2n) is 2.94. The summed E-state index contributed by atoms with van der Waals surface area (Å²) in [6.07, 6.45) is 7.36. The van der Waals surface area contributed by atoms with Gasteiger partial charge in [0.25, 0.3) is 0 Å². The molecule has 0 fully saturated rings. The lowest BCUT2D eigenvalue weighted by Gasteiger charge is -2.01. The number of hydrogen-bond acceptors (Lipinski definition) is 2. The van der Waals surface area contributed by atoms with E-state index in [1.807, 2.05) is 39.0 Å². The smallest absolute Gasteiger partial charge is 0.0372 e. The van der Waals surface area contributed by atoms with Crippen molar-refractivity contribution in [1.82, 2.24) is 10.3 Å². The van der Waals surface area contributed by atoms with Crippen LogP contribution in [0.5, 0.6) is 0 Å². The summed E-state index contributed by atoms with van der Waals surface area (Å²) in [6, 6.07) is 5.86. The maximum Gasteiger partial charge on any atom is 0.0372 e. The van der Waals surface area contributed by atoms with E-state index in [0.29, 0.717) is 0 Å². The van der Waals surface area contributed by atoms with Crippen molar-refractivity contribution < 1.29 is 0 Å². The number of nitrogens with zero attached hydrogens (tertiary/aromatic N) is 1. The van der Waals surface area contributed by atoms with Gasteiger partial charge in [0, 0.05) is 18.4 Å². The Hall–Kier alpha value is -1.15. The quantitative estimate of drug-likeness (QED) is 0.660. The van der Waals surface area contributed by atoms with Crippen LogP contribution in [0.1, 0.15) is 26.0 Å². The van der Waals surface area contributed by atoms with Gasteiger partial charge in [0.05, 0.1) is 0 Å². The lowest BCUT2D eigenvalue weighted by atomic mass is 10.3. The minimum Gasteiger partial charge on any atom is -0.313 e. The number of nitrogens with one attached hydrogen (secondary N) is 1. The van der Waals surface area contributed by atoms with Crippen molar-refractivity contribution in [2.75, 3.05) is 13.1 Å². The monoisotopic (exact) mass is 206 g/mol. The molecule has 84 valence electrons. The van der Waals surface area contributed by atoms with Crippen LogP contribution in [-0.4, -0.2) is 18.1 Å². The van der Waals surface area contributed by atoms with Crippen LogP contribution in [0, 0.1) is 6.92 Å². The molecule has 0 aromatic carbocycles. The van der Waals surface area contributed by atoms with Gasteiger partial charge in [-0.3, -0.25) is 4.98 Å². The average molecular weight is 206 g/mol.